The Kier molecular flexibility index (Phi) is 6.86. The molecule has 0 aromatic carbocycles. The zero-order chi connectivity index (χ0) is 11.0. The summed E-state index contributed by atoms with van der Waals surface area (Å²) in [6, 6.07) is 0. The van der Waals surface area contributed by atoms with Gasteiger partial charge < -0.3 is 10.2 Å². The first kappa shape index (κ1) is 13.7. The highest BCUT2D eigenvalue weighted by molar-refractivity contribution is 4.52. The molecule has 0 amide bonds. The van der Waals surface area contributed by atoms with Crippen molar-refractivity contribution in [2.75, 3.05) is 40.3 Å². The SMILES string of the molecule is CNCCCN(C)CCOC(F)(F)F. The summed E-state index contributed by atoms with van der Waals surface area (Å²) in [5, 5.41) is 2.97. The first-order chi connectivity index (χ1) is 6.45. The second-order valence-corrected chi connectivity index (χ2v) is 3.05. The molecule has 0 saturated heterocycles. The molecule has 0 aliphatic rings. The van der Waals surface area contributed by atoms with Crippen LogP contribution in [0.4, 0.5) is 13.2 Å². The van der Waals surface area contributed by atoms with Crippen molar-refractivity contribution >= 4 is 0 Å². The third-order valence-electron chi connectivity index (χ3n) is 1.71. The fourth-order valence-electron chi connectivity index (χ4n) is 0.955. The van der Waals surface area contributed by atoms with E-state index in [9.17, 15) is 13.2 Å². The second-order valence-electron chi connectivity index (χ2n) is 3.05. The van der Waals surface area contributed by atoms with E-state index in [2.05, 4.69) is 10.1 Å². The van der Waals surface area contributed by atoms with E-state index in [0.717, 1.165) is 19.5 Å². The van der Waals surface area contributed by atoms with Crippen LogP contribution in [0, 0.1) is 0 Å². The Balaban J connectivity index is 3.31. The lowest BCUT2D eigenvalue weighted by molar-refractivity contribution is -0.324. The quantitative estimate of drug-likeness (QED) is 0.641. The molecule has 0 unspecified atom stereocenters. The predicted octanol–water partition coefficient (Wildman–Crippen LogP) is 1.06. The molecule has 86 valence electrons. The van der Waals surface area contributed by atoms with Crippen molar-refractivity contribution in [3.63, 3.8) is 0 Å². The number of ether oxygens (including phenoxy) is 1. The van der Waals surface area contributed by atoms with Gasteiger partial charge in [-0.05, 0) is 33.6 Å². The van der Waals surface area contributed by atoms with Crippen molar-refractivity contribution in [3.05, 3.63) is 0 Å². The lowest BCUT2D eigenvalue weighted by Crippen LogP contribution is -2.28. The molecule has 6 heteroatoms. The summed E-state index contributed by atoms with van der Waals surface area (Å²) < 4.78 is 38.3. The third-order valence-corrected chi connectivity index (χ3v) is 1.71. The van der Waals surface area contributed by atoms with E-state index in [-0.39, 0.29) is 6.61 Å². The van der Waals surface area contributed by atoms with Crippen LogP contribution in [-0.2, 0) is 4.74 Å². The van der Waals surface area contributed by atoms with Gasteiger partial charge in [0.1, 0.15) is 0 Å². The lowest BCUT2D eigenvalue weighted by Gasteiger charge is -2.16. The number of hydrogen-bond donors (Lipinski definition) is 1. The number of rotatable bonds is 7. The van der Waals surface area contributed by atoms with E-state index in [4.69, 9.17) is 0 Å². The second kappa shape index (κ2) is 7.03. The van der Waals surface area contributed by atoms with Crippen molar-refractivity contribution in [3.8, 4) is 0 Å². The number of hydrogen-bond acceptors (Lipinski definition) is 3. The van der Waals surface area contributed by atoms with Crippen LogP contribution in [-0.4, -0.2) is 51.6 Å². The Morgan fingerprint density at radius 3 is 2.43 bits per heavy atom. The fraction of sp³-hybridized carbons (Fsp3) is 1.00. The van der Waals surface area contributed by atoms with Gasteiger partial charge in [0, 0.05) is 6.54 Å². The first-order valence-electron chi connectivity index (χ1n) is 4.49. The van der Waals surface area contributed by atoms with Gasteiger partial charge in [-0.25, -0.2) is 0 Å². The molecule has 0 aromatic rings. The summed E-state index contributed by atoms with van der Waals surface area (Å²) in [5.41, 5.74) is 0. The maximum absolute atomic E-state index is 11.6. The largest absolute Gasteiger partial charge is 0.522 e. The molecule has 0 rings (SSSR count). The molecular weight excluding hydrogens is 197 g/mol. The van der Waals surface area contributed by atoms with Crippen molar-refractivity contribution in [2.24, 2.45) is 0 Å². The maximum atomic E-state index is 11.6. The normalized spacial score (nSPS) is 12.4. The predicted molar refractivity (Wildman–Crippen MR) is 48.0 cm³/mol. The molecule has 0 bridgehead atoms. The molecule has 0 aromatic heterocycles. The van der Waals surface area contributed by atoms with Crippen molar-refractivity contribution in [1.29, 1.82) is 0 Å². The van der Waals surface area contributed by atoms with E-state index in [1.807, 2.05) is 11.9 Å². The first-order valence-corrected chi connectivity index (χ1v) is 4.49. The molecule has 0 fully saturated rings. The number of nitrogens with zero attached hydrogens (tertiary/aromatic N) is 1. The van der Waals surface area contributed by atoms with Crippen LogP contribution in [0.25, 0.3) is 0 Å². The summed E-state index contributed by atoms with van der Waals surface area (Å²) in [6.07, 6.45) is -3.59. The van der Waals surface area contributed by atoms with E-state index in [1.54, 1.807) is 7.05 Å². The molecule has 0 aliphatic heterocycles. The van der Waals surface area contributed by atoms with Crippen LogP contribution in [0.15, 0.2) is 0 Å². The average molecular weight is 214 g/mol. The average Bonchev–Trinajstić information content (AvgIpc) is 2.02. The molecule has 0 aliphatic carbocycles. The van der Waals surface area contributed by atoms with Gasteiger partial charge in [-0.1, -0.05) is 0 Å². The minimum Gasteiger partial charge on any atom is -0.320 e. The molecule has 0 heterocycles. The van der Waals surface area contributed by atoms with E-state index < -0.39 is 6.36 Å². The van der Waals surface area contributed by atoms with Gasteiger partial charge >= 0.3 is 6.36 Å². The Morgan fingerprint density at radius 2 is 1.93 bits per heavy atom. The number of halogens is 3. The smallest absolute Gasteiger partial charge is 0.320 e. The van der Waals surface area contributed by atoms with Crippen LogP contribution in [0.2, 0.25) is 0 Å². The molecule has 3 nitrogen and oxygen atoms in total. The van der Waals surface area contributed by atoms with Gasteiger partial charge in [0.2, 0.25) is 0 Å². The van der Waals surface area contributed by atoms with Crippen LogP contribution < -0.4 is 5.32 Å². The standard InChI is InChI=1S/C8H17F3N2O/c1-12-4-3-5-13(2)6-7-14-8(9,10)11/h12H,3-7H2,1-2H3. The Labute approximate surface area is 82.2 Å². The van der Waals surface area contributed by atoms with E-state index in [0.29, 0.717) is 6.54 Å². The van der Waals surface area contributed by atoms with Gasteiger partial charge in [0.25, 0.3) is 0 Å². The fourth-order valence-corrected chi connectivity index (χ4v) is 0.955. The molecule has 0 radical (unpaired) electrons. The van der Waals surface area contributed by atoms with Gasteiger partial charge in [-0.15, -0.1) is 13.2 Å². The van der Waals surface area contributed by atoms with Gasteiger partial charge in [0.15, 0.2) is 0 Å². The summed E-state index contributed by atoms with van der Waals surface area (Å²) in [6.45, 7) is 1.62. The van der Waals surface area contributed by atoms with Gasteiger partial charge in [-0.2, -0.15) is 0 Å². The number of likely N-dealkylation sites (N-methyl/N-ethyl adjacent to an activating group) is 1. The number of nitrogens with one attached hydrogen (secondary N) is 1. The van der Waals surface area contributed by atoms with Crippen LogP contribution in [0.3, 0.4) is 0 Å². The van der Waals surface area contributed by atoms with Crippen LogP contribution >= 0.6 is 0 Å². The van der Waals surface area contributed by atoms with Crippen molar-refractivity contribution < 1.29 is 17.9 Å². The Bertz CT molecular complexity index is 141. The highest BCUT2D eigenvalue weighted by Crippen LogP contribution is 2.15. The van der Waals surface area contributed by atoms with Gasteiger partial charge in [-0.3, -0.25) is 4.74 Å². The highest BCUT2D eigenvalue weighted by atomic mass is 19.4. The Morgan fingerprint density at radius 1 is 1.29 bits per heavy atom. The van der Waals surface area contributed by atoms with Gasteiger partial charge in [0.05, 0.1) is 6.61 Å². The molecule has 0 spiro atoms. The zero-order valence-corrected chi connectivity index (χ0v) is 8.52. The highest BCUT2D eigenvalue weighted by Gasteiger charge is 2.28. The van der Waals surface area contributed by atoms with E-state index in [1.165, 1.54) is 0 Å². The molecular formula is C8H17F3N2O. The number of alkyl halides is 3. The lowest BCUT2D eigenvalue weighted by atomic mass is 10.4. The molecule has 0 atom stereocenters. The van der Waals surface area contributed by atoms with Crippen molar-refractivity contribution in [2.45, 2.75) is 12.8 Å². The summed E-state index contributed by atoms with van der Waals surface area (Å²) in [4.78, 5) is 1.81. The monoisotopic (exact) mass is 214 g/mol. The third kappa shape index (κ3) is 9.76. The van der Waals surface area contributed by atoms with Crippen molar-refractivity contribution in [1.82, 2.24) is 10.2 Å². The maximum Gasteiger partial charge on any atom is 0.522 e. The minimum absolute atomic E-state index is 0.295. The Hall–Kier alpha value is -0.330. The summed E-state index contributed by atoms with van der Waals surface area (Å²) >= 11 is 0. The summed E-state index contributed by atoms with van der Waals surface area (Å²) in [5.74, 6) is 0. The minimum atomic E-state index is -4.51. The molecule has 0 saturated carbocycles. The summed E-state index contributed by atoms with van der Waals surface area (Å²) in [7, 11) is 3.61. The topological polar surface area (TPSA) is 24.5 Å². The van der Waals surface area contributed by atoms with Crippen LogP contribution in [0.5, 0.6) is 0 Å². The van der Waals surface area contributed by atoms with Crippen LogP contribution in [0.1, 0.15) is 6.42 Å². The molecule has 14 heavy (non-hydrogen) atoms. The van der Waals surface area contributed by atoms with E-state index >= 15 is 0 Å². The molecule has 1 N–H and O–H groups in total. The zero-order valence-electron chi connectivity index (χ0n) is 8.52.